The highest BCUT2D eigenvalue weighted by Gasteiger charge is 2.11. The number of hydrogen-bond acceptors (Lipinski definition) is 4. The van der Waals surface area contributed by atoms with Crippen molar-refractivity contribution in [3.05, 3.63) is 64.0 Å². The minimum absolute atomic E-state index is 0.112. The molecule has 1 N–H and O–H groups in total. The van der Waals surface area contributed by atoms with Gasteiger partial charge < -0.3 is 5.32 Å². The fraction of sp³-hybridized carbons (Fsp3) is 0.0769. The van der Waals surface area contributed by atoms with E-state index < -0.39 is 10.8 Å². The van der Waals surface area contributed by atoms with Crippen molar-refractivity contribution >= 4 is 17.3 Å². The van der Waals surface area contributed by atoms with Crippen molar-refractivity contribution < 1.29 is 9.72 Å². The van der Waals surface area contributed by atoms with Gasteiger partial charge in [0, 0.05) is 35.3 Å². The van der Waals surface area contributed by atoms with Crippen LogP contribution in [0.25, 0.3) is 0 Å². The predicted molar refractivity (Wildman–Crippen MR) is 70.0 cm³/mol. The number of rotatable bonds is 3. The summed E-state index contributed by atoms with van der Waals surface area (Å²) in [4.78, 5) is 26.1. The number of anilines is 1. The predicted octanol–water partition coefficient (Wildman–Crippen LogP) is 2.55. The van der Waals surface area contributed by atoms with Gasteiger partial charge in [0.05, 0.1) is 4.92 Å². The van der Waals surface area contributed by atoms with Gasteiger partial charge in [0.1, 0.15) is 0 Å². The van der Waals surface area contributed by atoms with Crippen LogP contribution in [0.5, 0.6) is 0 Å². The number of non-ortho nitro benzene ring substituents is 1. The first kappa shape index (κ1) is 12.7. The lowest BCUT2D eigenvalue weighted by molar-refractivity contribution is -0.384. The Kier molecular flexibility index (Phi) is 3.51. The molecule has 0 aliphatic heterocycles. The molecule has 0 unspecified atom stereocenters. The third-order valence-electron chi connectivity index (χ3n) is 2.47. The molecule has 0 fully saturated rings. The second-order valence-corrected chi connectivity index (χ2v) is 3.95. The monoisotopic (exact) mass is 257 g/mol. The van der Waals surface area contributed by atoms with E-state index in [1.165, 1.54) is 24.3 Å². The minimum atomic E-state index is -0.534. The Morgan fingerprint density at radius 2 is 2.11 bits per heavy atom. The molecule has 0 spiro atoms. The summed E-state index contributed by atoms with van der Waals surface area (Å²) in [6.45, 7) is 1.81. The Balaban J connectivity index is 2.20. The number of aryl methyl sites for hydroxylation is 1. The zero-order valence-electron chi connectivity index (χ0n) is 10.2. The highest BCUT2D eigenvalue weighted by Crippen LogP contribution is 2.15. The van der Waals surface area contributed by atoms with Gasteiger partial charge in [-0.15, -0.1) is 0 Å². The second kappa shape index (κ2) is 5.26. The molecule has 0 atom stereocenters. The lowest BCUT2D eigenvalue weighted by Gasteiger charge is -2.05. The molecule has 1 amide bonds. The molecule has 6 heteroatoms. The van der Waals surface area contributed by atoms with Crippen LogP contribution in [0.1, 0.15) is 16.1 Å². The van der Waals surface area contributed by atoms with E-state index in [4.69, 9.17) is 0 Å². The summed E-state index contributed by atoms with van der Waals surface area (Å²) < 4.78 is 0. The lowest BCUT2D eigenvalue weighted by Crippen LogP contribution is -2.12. The van der Waals surface area contributed by atoms with Crippen LogP contribution >= 0.6 is 0 Å². The molecule has 19 heavy (non-hydrogen) atoms. The Bertz CT molecular complexity index is 641. The summed E-state index contributed by atoms with van der Waals surface area (Å²) in [5.41, 5.74) is 1.50. The number of nitrogens with one attached hydrogen (secondary N) is 1. The van der Waals surface area contributed by atoms with Crippen molar-refractivity contribution in [3.8, 4) is 0 Å². The Morgan fingerprint density at radius 3 is 2.79 bits per heavy atom. The molecule has 2 aromatic rings. The topological polar surface area (TPSA) is 85.1 Å². The van der Waals surface area contributed by atoms with Crippen molar-refractivity contribution in [2.75, 3.05) is 5.32 Å². The van der Waals surface area contributed by atoms with Gasteiger partial charge in [-0.25, -0.2) is 0 Å². The molecule has 1 heterocycles. The van der Waals surface area contributed by atoms with Gasteiger partial charge in [0.15, 0.2) is 0 Å². The van der Waals surface area contributed by atoms with E-state index in [0.29, 0.717) is 5.69 Å². The van der Waals surface area contributed by atoms with Crippen LogP contribution in [0.15, 0.2) is 42.6 Å². The number of nitro benzene ring substituents is 1. The fourth-order valence-electron chi connectivity index (χ4n) is 1.59. The number of benzene rings is 1. The van der Waals surface area contributed by atoms with E-state index in [-0.39, 0.29) is 11.3 Å². The third-order valence-corrected chi connectivity index (χ3v) is 2.47. The Hall–Kier alpha value is -2.76. The zero-order chi connectivity index (χ0) is 13.8. The maximum Gasteiger partial charge on any atom is 0.270 e. The van der Waals surface area contributed by atoms with E-state index in [9.17, 15) is 14.9 Å². The van der Waals surface area contributed by atoms with Gasteiger partial charge in [-0.1, -0.05) is 6.07 Å². The van der Waals surface area contributed by atoms with Crippen molar-refractivity contribution in [1.82, 2.24) is 4.98 Å². The number of aromatic nitrogens is 1. The van der Waals surface area contributed by atoms with Gasteiger partial charge in [0.2, 0.25) is 0 Å². The van der Waals surface area contributed by atoms with Crippen LogP contribution in [-0.2, 0) is 0 Å². The quantitative estimate of drug-likeness (QED) is 0.676. The van der Waals surface area contributed by atoms with Crippen LogP contribution in [-0.4, -0.2) is 15.8 Å². The number of pyridine rings is 1. The molecule has 0 radical (unpaired) electrons. The first-order chi connectivity index (χ1) is 9.06. The number of carbonyl (C=O) groups is 1. The molecule has 6 nitrogen and oxygen atoms in total. The van der Waals surface area contributed by atoms with Gasteiger partial charge in [-0.3, -0.25) is 19.9 Å². The van der Waals surface area contributed by atoms with Crippen molar-refractivity contribution in [3.63, 3.8) is 0 Å². The standard InChI is InChI=1S/C13H11N3O3/c1-9-7-11(5-6-14-9)15-13(17)10-3-2-4-12(8-10)16(18)19/h2-8H,1H3,(H,14,15,17). The number of nitro groups is 1. The maximum absolute atomic E-state index is 11.9. The third kappa shape index (κ3) is 3.12. The molecule has 1 aromatic carbocycles. The fourth-order valence-corrected chi connectivity index (χ4v) is 1.59. The van der Waals surface area contributed by atoms with E-state index in [0.717, 1.165) is 5.69 Å². The SMILES string of the molecule is Cc1cc(NC(=O)c2cccc([N+](=O)[O-])c2)ccn1. The molecule has 0 saturated heterocycles. The van der Waals surface area contributed by atoms with E-state index in [1.54, 1.807) is 18.3 Å². The van der Waals surface area contributed by atoms with Crippen LogP contribution in [0.4, 0.5) is 11.4 Å². The van der Waals surface area contributed by atoms with Crippen LogP contribution < -0.4 is 5.32 Å². The molecule has 0 bridgehead atoms. The van der Waals surface area contributed by atoms with Crippen LogP contribution in [0.2, 0.25) is 0 Å². The summed E-state index contributed by atoms with van der Waals surface area (Å²) in [7, 11) is 0. The average Bonchev–Trinajstić information content (AvgIpc) is 2.39. The van der Waals surface area contributed by atoms with E-state index in [1.807, 2.05) is 6.92 Å². The minimum Gasteiger partial charge on any atom is -0.322 e. The average molecular weight is 257 g/mol. The summed E-state index contributed by atoms with van der Waals surface area (Å²) in [6, 6.07) is 8.95. The molecule has 96 valence electrons. The molecular weight excluding hydrogens is 246 g/mol. The van der Waals surface area contributed by atoms with Crippen molar-refractivity contribution in [1.29, 1.82) is 0 Å². The molecule has 1 aromatic heterocycles. The van der Waals surface area contributed by atoms with Gasteiger partial charge in [-0.05, 0) is 25.1 Å². The normalized spacial score (nSPS) is 9.95. The lowest BCUT2D eigenvalue weighted by atomic mass is 10.2. The molecule has 0 aliphatic carbocycles. The number of hydrogen-bond donors (Lipinski definition) is 1. The number of amides is 1. The van der Waals surface area contributed by atoms with Crippen LogP contribution in [0.3, 0.4) is 0 Å². The zero-order valence-corrected chi connectivity index (χ0v) is 10.2. The highest BCUT2D eigenvalue weighted by atomic mass is 16.6. The van der Waals surface area contributed by atoms with Crippen LogP contribution in [0, 0.1) is 17.0 Å². The van der Waals surface area contributed by atoms with Gasteiger partial charge in [0.25, 0.3) is 11.6 Å². The van der Waals surface area contributed by atoms with E-state index in [2.05, 4.69) is 10.3 Å². The smallest absolute Gasteiger partial charge is 0.270 e. The largest absolute Gasteiger partial charge is 0.322 e. The van der Waals surface area contributed by atoms with E-state index >= 15 is 0 Å². The Morgan fingerprint density at radius 1 is 1.32 bits per heavy atom. The first-order valence-electron chi connectivity index (χ1n) is 5.55. The van der Waals surface area contributed by atoms with Crippen molar-refractivity contribution in [2.24, 2.45) is 0 Å². The van der Waals surface area contributed by atoms with Gasteiger partial charge >= 0.3 is 0 Å². The summed E-state index contributed by atoms with van der Waals surface area (Å²) in [6.07, 6.45) is 1.58. The molecule has 2 rings (SSSR count). The highest BCUT2D eigenvalue weighted by molar-refractivity contribution is 6.04. The number of nitrogens with zero attached hydrogens (tertiary/aromatic N) is 2. The summed E-state index contributed by atoms with van der Waals surface area (Å²) >= 11 is 0. The summed E-state index contributed by atoms with van der Waals surface area (Å²) in [5, 5.41) is 13.3. The molecular formula is C13H11N3O3. The molecule has 0 aliphatic rings. The van der Waals surface area contributed by atoms with Gasteiger partial charge in [-0.2, -0.15) is 0 Å². The first-order valence-corrected chi connectivity index (χ1v) is 5.55. The Labute approximate surface area is 109 Å². The van der Waals surface area contributed by atoms with Crippen molar-refractivity contribution in [2.45, 2.75) is 6.92 Å². The number of carbonyl (C=O) groups excluding carboxylic acids is 1. The summed E-state index contributed by atoms with van der Waals surface area (Å²) in [5.74, 6) is -0.394. The molecule has 0 saturated carbocycles. The second-order valence-electron chi connectivity index (χ2n) is 3.95. The maximum atomic E-state index is 11.9.